The molecule has 1 aliphatic heterocycles. The molecule has 1 atom stereocenters. The highest BCUT2D eigenvalue weighted by atomic mass is 32.2. The highest BCUT2D eigenvalue weighted by Crippen LogP contribution is 2.24. The molecule has 0 bridgehead atoms. The fourth-order valence-corrected chi connectivity index (χ4v) is 2.57. The van der Waals surface area contributed by atoms with Crippen LogP contribution in [0.3, 0.4) is 0 Å². The molecule has 20 heavy (non-hydrogen) atoms. The van der Waals surface area contributed by atoms with Crippen molar-refractivity contribution >= 4 is 22.3 Å². The van der Waals surface area contributed by atoms with E-state index in [4.69, 9.17) is 9.88 Å². The number of nitrogens with zero attached hydrogens (tertiary/aromatic N) is 1. The molecular formula is C10H19N3O6S. The predicted molar refractivity (Wildman–Crippen MR) is 69.0 cm³/mol. The number of alkyl carbamates (subject to hydrolysis) is 1. The first kappa shape index (κ1) is 16.7. The summed E-state index contributed by atoms with van der Waals surface area (Å²) in [6, 6.07) is 0. The number of nitrogens with two attached hydrogens (primary N) is 1. The van der Waals surface area contributed by atoms with Crippen LogP contribution in [0.1, 0.15) is 27.2 Å². The maximum Gasteiger partial charge on any atom is 0.408 e. The summed E-state index contributed by atoms with van der Waals surface area (Å²) < 4.78 is 28.2. The number of hydrogen-bond donors (Lipinski definition) is 3. The third-order valence-corrected chi connectivity index (χ3v) is 3.78. The van der Waals surface area contributed by atoms with E-state index in [1.807, 2.05) is 0 Å². The van der Waals surface area contributed by atoms with E-state index in [9.17, 15) is 23.1 Å². The highest BCUT2D eigenvalue weighted by Gasteiger charge is 2.49. The normalized spacial score (nSPS) is 24.4. The molecule has 0 aromatic rings. The summed E-state index contributed by atoms with van der Waals surface area (Å²) in [5.74, 6) is -1.34. The first-order chi connectivity index (χ1) is 8.86. The van der Waals surface area contributed by atoms with Gasteiger partial charge in [0.1, 0.15) is 5.60 Å². The van der Waals surface area contributed by atoms with E-state index in [0.717, 1.165) is 4.31 Å². The number of hydrogen-bond acceptors (Lipinski definition) is 5. The van der Waals surface area contributed by atoms with Gasteiger partial charge in [0.25, 0.3) is 10.2 Å². The van der Waals surface area contributed by atoms with Gasteiger partial charge in [-0.1, -0.05) is 0 Å². The molecule has 1 amide bonds. The van der Waals surface area contributed by atoms with Gasteiger partial charge in [0.15, 0.2) is 5.54 Å². The van der Waals surface area contributed by atoms with Gasteiger partial charge in [0, 0.05) is 13.1 Å². The van der Waals surface area contributed by atoms with Crippen molar-refractivity contribution in [3.63, 3.8) is 0 Å². The molecule has 1 unspecified atom stereocenters. The molecule has 0 spiro atoms. The Balaban J connectivity index is 2.87. The molecule has 10 heteroatoms. The predicted octanol–water partition coefficient (Wildman–Crippen LogP) is -0.756. The van der Waals surface area contributed by atoms with Crippen molar-refractivity contribution in [1.82, 2.24) is 9.62 Å². The number of carbonyl (C=O) groups is 2. The highest BCUT2D eigenvalue weighted by molar-refractivity contribution is 7.86. The van der Waals surface area contributed by atoms with E-state index in [0.29, 0.717) is 0 Å². The Morgan fingerprint density at radius 3 is 2.30 bits per heavy atom. The fraction of sp³-hybridized carbons (Fsp3) is 0.800. The van der Waals surface area contributed by atoms with Crippen LogP contribution < -0.4 is 10.5 Å². The molecule has 0 aliphatic carbocycles. The van der Waals surface area contributed by atoms with Gasteiger partial charge in [-0.15, -0.1) is 0 Å². The van der Waals surface area contributed by atoms with Crippen LogP contribution in [0.5, 0.6) is 0 Å². The zero-order valence-electron chi connectivity index (χ0n) is 11.5. The Hall–Kier alpha value is -1.39. The molecule has 0 radical (unpaired) electrons. The molecule has 116 valence electrons. The van der Waals surface area contributed by atoms with Crippen LogP contribution in [0, 0.1) is 0 Å². The van der Waals surface area contributed by atoms with Crippen LogP contribution in [0.25, 0.3) is 0 Å². The van der Waals surface area contributed by atoms with Gasteiger partial charge in [-0.05, 0) is 27.2 Å². The minimum absolute atomic E-state index is 0.0824. The second-order valence-electron chi connectivity index (χ2n) is 5.64. The number of amides is 1. The van der Waals surface area contributed by atoms with Gasteiger partial charge in [0.05, 0.1) is 0 Å². The summed E-state index contributed by atoms with van der Waals surface area (Å²) in [7, 11) is -4.00. The monoisotopic (exact) mass is 309 g/mol. The smallest absolute Gasteiger partial charge is 0.408 e. The van der Waals surface area contributed by atoms with Gasteiger partial charge >= 0.3 is 12.1 Å². The van der Waals surface area contributed by atoms with E-state index in [-0.39, 0.29) is 13.0 Å². The lowest BCUT2D eigenvalue weighted by Gasteiger charge is -2.28. The van der Waals surface area contributed by atoms with Gasteiger partial charge < -0.3 is 15.2 Å². The molecule has 4 N–H and O–H groups in total. The number of carbonyl (C=O) groups excluding carboxylic acids is 1. The lowest BCUT2D eigenvalue weighted by molar-refractivity contribution is -0.144. The summed E-state index contributed by atoms with van der Waals surface area (Å²) in [4.78, 5) is 23.0. The van der Waals surface area contributed by atoms with E-state index in [1.54, 1.807) is 20.8 Å². The van der Waals surface area contributed by atoms with Crippen LogP contribution in [-0.4, -0.2) is 54.1 Å². The number of rotatable bonds is 3. The zero-order chi connectivity index (χ0) is 15.8. The van der Waals surface area contributed by atoms with Crippen LogP contribution in [0.2, 0.25) is 0 Å². The van der Waals surface area contributed by atoms with Crippen LogP contribution >= 0.6 is 0 Å². The van der Waals surface area contributed by atoms with Crippen molar-refractivity contribution in [2.45, 2.75) is 38.3 Å². The Bertz CT molecular complexity index is 512. The molecule has 0 aromatic heterocycles. The molecule has 1 fully saturated rings. The van der Waals surface area contributed by atoms with Crippen molar-refractivity contribution in [3.05, 3.63) is 0 Å². The molecule has 1 aliphatic rings. The summed E-state index contributed by atoms with van der Waals surface area (Å²) >= 11 is 0. The van der Waals surface area contributed by atoms with Gasteiger partial charge in [0.2, 0.25) is 0 Å². The molecule has 0 aromatic carbocycles. The average Bonchev–Trinajstić information content (AvgIpc) is 2.59. The molecular weight excluding hydrogens is 290 g/mol. The molecule has 1 heterocycles. The van der Waals surface area contributed by atoms with Gasteiger partial charge in [-0.25, -0.2) is 14.7 Å². The summed E-state index contributed by atoms with van der Waals surface area (Å²) in [6.07, 6.45) is -1.01. The molecule has 0 saturated carbocycles. The van der Waals surface area contributed by atoms with Gasteiger partial charge in [-0.3, -0.25) is 0 Å². The van der Waals surface area contributed by atoms with Crippen LogP contribution in [-0.2, 0) is 19.7 Å². The topological polar surface area (TPSA) is 139 Å². The van der Waals surface area contributed by atoms with E-state index in [1.165, 1.54) is 0 Å². The first-order valence-electron chi connectivity index (χ1n) is 5.88. The van der Waals surface area contributed by atoms with Crippen LogP contribution in [0.4, 0.5) is 4.79 Å². The lowest BCUT2D eigenvalue weighted by atomic mass is 9.99. The van der Waals surface area contributed by atoms with Crippen molar-refractivity contribution in [3.8, 4) is 0 Å². The lowest BCUT2D eigenvalue weighted by Crippen LogP contribution is -2.57. The average molecular weight is 309 g/mol. The summed E-state index contributed by atoms with van der Waals surface area (Å²) in [6.45, 7) is 4.38. The largest absolute Gasteiger partial charge is 0.479 e. The van der Waals surface area contributed by atoms with E-state index in [2.05, 4.69) is 5.32 Å². The quantitative estimate of drug-likeness (QED) is 0.626. The standard InChI is InChI=1S/C10H19N3O6S/c1-9(2,3)19-8(16)12-10(7(14)15)4-5-13(6-10)20(11,17)18/h4-6H2,1-3H3,(H,12,16)(H,14,15)(H2,11,17,18). The van der Waals surface area contributed by atoms with Crippen LogP contribution in [0.15, 0.2) is 0 Å². The fourth-order valence-electron chi connectivity index (χ4n) is 1.82. The third-order valence-electron chi connectivity index (χ3n) is 2.74. The minimum Gasteiger partial charge on any atom is -0.479 e. The van der Waals surface area contributed by atoms with Crippen molar-refractivity contribution < 1.29 is 27.9 Å². The van der Waals surface area contributed by atoms with Gasteiger partial charge in [-0.2, -0.15) is 12.7 Å². The molecule has 1 rings (SSSR count). The summed E-state index contributed by atoms with van der Waals surface area (Å²) in [5, 5.41) is 16.4. The second kappa shape index (κ2) is 5.19. The number of ether oxygens (including phenoxy) is 1. The zero-order valence-corrected chi connectivity index (χ0v) is 12.4. The van der Waals surface area contributed by atoms with E-state index < -0.39 is 40.0 Å². The molecule has 9 nitrogen and oxygen atoms in total. The minimum atomic E-state index is -4.00. The SMILES string of the molecule is CC(C)(C)OC(=O)NC1(C(=O)O)CCN(S(N)(=O)=O)C1. The van der Waals surface area contributed by atoms with Crippen molar-refractivity contribution in [2.24, 2.45) is 5.14 Å². The second-order valence-corrected chi connectivity index (χ2v) is 7.19. The number of nitrogens with one attached hydrogen (secondary N) is 1. The Morgan fingerprint density at radius 2 is 1.95 bits per heavy atom. The maximum absolute atomic E-state index is 11.7. The Morgan fingerprint density at radius 1 is 1.40 bits per heavy atom. The van der Waals surface area contributed by atoms with Crippen molar-refractivity contribution in [1.29, 1.82) is 0 Å². The molecule has 1 saturated heterocycles. The van der Waals surface area contributed by atoms with Crippen molar-refractivity contribution in [2.75, 3.05) is 13.1 Å². The number of aliphatic carboxylic acids is 1. The summed E-state index contributed by atoms with van der Waals surface area (Å²) in [5.41, 5.74) is -2.52. The Labute approximate surface area is 117 Å². The van der Waals surface area contributed by atoms with E-state index >= 15 is 0 Å². The Kier molecular flexibility index (Phi) is 4.32. The third kappa shape index (κ3) is 4.05. The number of carboxylic acid groups (broad SMARTS) is 1. The first-order valence-corrected chi connectivity index (χ1v) is 7.38. The maximum atomic E-state index is 11.7. The number of carboxylic acids is 1.